The standard InChI is InChI=1S/C18H24BrNOS/c1-12(17-9-13-5-6-15(17)7-13)20-18(21)11-22-10-14-3-2-4-16(19)8-14/h2-4,8,12-13,15,17H,5-7,9-11H2,1H3,(H,20,21)/t12-,13+,15+,17+/m1/s1. The van der Waals surface area contributed by atoms with Gasteiger partial charge in [-0.15, -0.1) is 11.8 Å². The number of nitrogens with one attached hydrogen (secondary N) is 1. The van der Waals surface area contributed by atoms with Crippen LogP contribution in [0.3, 0.4) is 0 Å². The van der Waals surface area contributed by atoms with Gasteiger partial charge in [-0.25, -0.2) is 0 Å². The first-order valence-electron chi connectivity index (χ1n) is 8.23. The van der Waals surface area contributed by atoms with Gasteiger partial charge in [-0.1, -0.05) is 34.5 Å². The molecule has 3 rings (SSSR count). The molecule has 120 valence electrons. The average molecular weight is 382 g/mol. The zero-order valence-corrected chi connectivity index (χ0v) is 15.5. The van der Waals surface area contributed by atoms with E-state index in [-0.39, 0.29) is 5.91 Å². The van der Waals surface area contributed by atoms with Gasteiger partial charge in [0.05, 0.1) is 5.75 Å². The highest BCUT2D eigenvalue weighted by Crippen LogP contribution is 2.49. The highest BCUT2D eigenvalue weighted by Gasteiger charge is 2.42. The van der Waals surface area contributed by atoms with E-state index in [9.17, 15) is 4.79 Å². The van der Waals surface area contributed by atoms with Gasteiger partial charge in [0, 0.05) is 16.3 Å². The Kier molecular flexibility index (Phi) is 5.50. The molecule has 1 amide bonds. The lowest BCUT2D eigenvalue weighted by molar-refractivity contribution is -0.119. The summed E-state index contributed by atoms with van der Waals surface area (Å²) in [6, 6.07) is 8.63. The molecule has 0 unspecified atom stereocenters. The van der Waals surface area contributed by atoms with E-state index in [2.05, 4.69) is 40.3 Å². The molecular formula is C18H24BrNOS. The summed E-state index contributed by atoms with van der Waals surface area (Å²) in [6.45, 7) is 2.20. The fourth-order valence-electron chi connectivity index (χ4n) is 4.20. The Bertz CT molecular complexity index is 536. The van der Waals surface area contributed by atoms with Crippen molar-refractivity contribution in [1.29, 1.82) is 0 Å². The second-order valence-electron chi connectivity index (χ2n) is 6.82. The molecule has 2 fully saturated rings. The second-order valence-corrected chi connectivity index (χ2v) is 8.72. The highest BCUT2D eigenvalue weighted by molar-refractivity contribution is 9.10. The van der Waals surface area contributed by atoms with Crippen LogP contribution in [0, 0.1) is 17.8 Å². The topological polar surface area (TPSA) is 29.1 Å². The van der Waals surface area contributed by atoms with Gasteiger partial charge in [0.15, 0.2) is 0 Å². The van der Waals surface area contributed by atoms with Gasteiger partial charge in [-0.2, -0.15) is 0 Å². The van der Waals surface area contributed by atoms with E-state index in [0.717, 1.165) is 28.0 Å². The molecule has 2 aliphatic carbocycles. The van der Waals surface area contributed by atoms with E-state index in [1.807, 2.05) is 12.1 Å². The van der Waals surface area contributed by atoms with Crippen molar-refractivity contribution in [1.82, 2.24) is 5.32 Å². The summed E-state index contributed by atoms with van der Waals surface area (Å²) < 4.78 is 1.10. The van der Waals surface area contributed by atoms with Gasteiger partial charge in [0.25, 0.3) is 0 Å². The minimum absolute atomic E-state index is 0.190. The number of benzene rings is 1. The zero-order chi connectivity index (χ0) is 15.5. The fourth-order valence-corrected chi connectivity index (χ4v) is 5.43. The molecule has 0 aliphatic heterocycles. The van der Waals surface area contributed by atoms with Crippen molar-refractivity contribution in [2.24, 2.45) is 17.8 Å². The molecule has 1 N–H and O–H groups in total. The van der Waals surface area contributed by atoms with E-state index in [1.54, 1.807) is 11.8 Å². The first-order valence-corrected chi connectivity index (χ1v) is 10.2. The van der Waals surface area contributed by atoms with E-state index < -0.39 is 0 Å². The summed E-state index contributed by atoms with van der Waals surface area (Å²) in [5.41, 5.74) is 1.26. The van der Waals surface area contributed by atoms with Crippen LogP contribution < -0.4 is 5.32 Å². The van der Waals surface area contributed by atoms with Crippen molar-refractivity contribution in [2.75, 3.05) is 5.75 Å². The van der Waals surface area contributed by atoms with E-state index in [4.69, 9.17) is 0 Å². The summed E-state index contributed by atoms with van der Waals surface area (Å²) in [5, 5.41) is 3.24. The molecule has 2 bridgehead atoms. The van der Waals surface area contributed by atoms with Crippen LogP contribution in [-0.4, -0.2) is 17.7 Å². The number of carbonyl (C=O) groups excluding carboxylic acids is 1. The normalized spacial score (nSPS) is 27.8. The summed E-state index contributed by atoms with van der Waals surface area (Å²) in [5.74, 6) is 4.16. The number of hydrogen-bond donors (Lipinski definition) is 1. The Labute approximate surface area is 146 Å². The Balaban J connectivity index is 1.39. The molecule has 2 saturated carbocycles. The number of carbonyl (C=O) groups is 1. The van der Waals surface area contributed by atoms with Gasteiger partial charge in [0.2, 0.25) is 5.91 Å². The quantitative estimate of drug-likeness (QED) is 0.778. The van der Waals surface area contributed by atoms with Crippen LogP contribution >= 0.6 is 27.7 Å². The van der Waals surface area contributed by atoms with Crippen LogP contribution in [0.15, 0.2) is 28.7 Å². The highest BCUT2D eigenvalue weighted by atomic mass is 79.9. The Morgan fingerprint density at radius 2 is 2.27 bits per heavy atom. The number of fused-ring (bicyclic) bond motifs is 2. The van der Waals surface area contributed by atoms with Gasteiger partial charge in [-0.3, -0.25) is 4.79 Å². The Morgan fingerprint density at radius 1 is 1.41 bits per heavy atom. The molecule has 2 nitrogen and oxygen atoms in total. The lowest BCUT2D eigenvalue weighted by Crippen LogP contribution is -2.40. The first kappa shape index (κ1) is 16.4. The van der Waals surface area contributed by atoms with Gasteiger partial charge >= 0.3 is 0 Å². The molecule has 0 saturated heterocycles. The number of amides is 1. The predicted octanol–water partition coefficient (Wildman–Crippen LogP) is 4.62. The molecule has 4 heteroatoms. The molecule has 0 radical (unpaired) electrons. The molecule has 0 aromatic heterocycles. The van der Waals surface area contributed by atoms with E-state index in [0.29, 0.717) is 11.8 Å². The van der Waals surface area contributed by atoms with Crippen molar-refractivity contribution in [2.45, 2.75) is 44.4 Å². The minimum Gasteiger partial charge on any atom is -0.353 e. The fraction of sp³-hybridized carbons (Fsp3) is 0.611. The maximum Gasteiger partial charge on any atom is 0.230 e. The predicted molar refractivity (Wildman–Crippen MR) is 96.8 cm³/mol. The molecule has 0 spiro atoms. The number of halogens is 1. The molecule has 22 heavy (non-hydrogen) atoms. The maximum absolute atomic E-state index is 12.1. The summed E-state index contributed by atoms with van der Waals surface area (Å²) in [7, 11) is 0. The summed E-state index contributed by atoms with van der Waals surface area (Å²) in [6.07, 6.45) is 5.54. The third-order valence-electron chi connectivity index (χ3n) is 5.21. The Morgan fingerprint density at radius 3 is 2.95 bits per heavy atom. The van der Waals surface area contributed by atoms with Crippen LogP contribution in [0.4, 0.5) is 0 Å². The minimum atomic E-state index is 0.190. The number of hydrogen-bond acceptors (Lipinski definition) is 2. The molecule has 0 heterocycles. The maximum atomic E-state index is 12.1. The van der Waals surface area contributed by atoms with Crippen LogP contribution in [0.1, 0.15) is 38.2 Å². The number of rotatable bonds is 6. The van der Waals surface area contributed by atoms with Crippen LogP contribution in [0.5, 0.6) is 0 Å². The van der Waals surface area contributed by atoms with Crippen molar-refractivity contribution in [3.05, 3.63) is 34.3 Å². The number of thioether (sulfide) groups is 1. The molecule has 4 atom stereocenters. The van der Waals surface area contributed by atoms with Crippen LogP contribution in [0.25, 0.3) is 0 Å². The van der Waals surface area contributed by atoms with Gasteiger partial charge in [-0.05, 0) is 61.6 Å². The Hall–Kier alpha value is -0.480. The van der Waals surface area contributed by atoms with Crippen molar-refractivity contribution in [3.8, 4) is 0 Å². The monoisotopic (exact) mass is 381 g/mol. The third kappa shape index (κ3) is 4.08. The lowest BCUT2D eigenvalue weighted by atomic mass is 9.84. The largest absolute Gasteiger partial charge is 0.353 e. The summed E-state index contributed by atoms with van der Waals surface area (Å²) in [4.78, 5) is 12.1. The van der Waals surface area contributed by atoms with E-state index >= 15 is 0 Å². The van der Waals surface area contributed by atoms with Gasteiger partial charge < -0.3 is 5.32 Å². The lowest BCUT2D eigenvalue weighted by Gasteiger charge is -2.28. The van der Waals surface area contributed by atoms with E-state index in [1.165, 1.54) is 31.2 Å². The summed E-state index contributed by atoms with van der Waals surface area (Å²) >= 11 is 5.17. The van der Waals surface area contributed by atoms with Crippen molar-refractivity contribution >= 4 is 33.6 Å². The molecule has 1 aromatic carbocycles. The molecule has 1 aromatic rings. The van der Waals surface area contributed by atoms with Crippen LogP contribution in [-0.2, 0) is 10.5 Å². The smallest absolute Gasteiger partial charge is 0.230 e. The zero-order valence-electron chi connectivity index (χ0n) is 13.1. The van der Waals surface area contributed by atoms with Crippen molar-refractivity contribution < 1.29 is 4.79 Å². The van der Waals surface area contributed by atoms with Gasteiger partial charge in [0.1, 0.15) is 0 Å². The average Bonchev–Trinajstić information content (AvgIpc) is 3.10. The van der Waals surface area contributed by atoms with Crippen molar-refractivity contribution in [3.63, 3.8) is 0 Å². The SMILES string of the molecule is C[C@@H](NC(=O)CSCc1cccc(Br)c1)[C@@H]1C[C@H]2CC[C@H]1C2. The second kappa shape index (κ2) is 7.39. The molecular weight excluding hydrogens is 358 g/mol. The first-order chi connectivity index (χ1) is 10.6. The van der Waals surface area contributed by atoms with Crippen LogP contribution in [0.2, 0.25) is 0 Å². The third-order valence-corrected chi connectivity index (χ3v) is 6.71. The molecule has 2 aliphatic rings.